The van der Waals surface area contributed by atoms with Gasteiger partial charge in [0.25, 0.3) is 0 Å². The summed E-state index contributed by atoms with van der Waals surface area (Å²) >= 11 is 0. The van der Waals surface area contributed by atoms with E-state index in [2.05, 4.69) is 17.6 Å². The molecule has 0 aromatic rings. The van der Waals surface area contributed by atoms with Crippen LogP contribution in [0, 0.1) is 11.8 Å². The molecule has 2 atom stereocenters. The van der Waals surface area contributed by atoms with Crippen molar-refractivity contribution in [1.29, 1.82) is 0 Å². The highest BCUT2D eigenvalue weighted by molar-refractivity contribution is 5.85. The second kappa shape index (κ2) is 8.80. The average Bonchev–Trinajstić information content (AvgIpc) is 3.06. The van der Waals surface area contributed by atoms with Gasteiger partial charge in [-0.25, -0.2) is 0 Å². The molecule has 1 saturated heterocycles. The lowest BCUT2D eigenvalue weighted by molar-refractivity contribution is -0.125. The summed E-state index contributed by atoms with van der Waals surface area (Å²) in [5.74, 6) is 1.35. The maximum Gasteiger partial charge on any atom is 0.223 e. The Labute approximate surface area is 123 Å². The van der Waals surface area contributed by atoms with Crippen molar-refractivity contribution in [3.05, 3.63) is 0 Å². The molecule has 1 aliphatic carbocycles. The van der Waals surface area contributed by atoms with Gasteiger partial charge in [0, 0.05) is 18.5 Å². The van der Waals surface area contributed by atoms with E-state index < -0.39 is 0 Å². The fourth-order valence-electron chi connectivity index (χ4n) is 3.41. The Morgan fingerprint density at radius 2 is 2.00 bits per heavy atom. The van der Waals surface area contributed by atoms with Gasteiger partial charge in [-0.2, -0.15) is 0 Å². The number of hydrogen-bond acceptors (Lipinski definition) is 2. The molecule has 2 unspecified atom stereocenters. The third-order valence-corrected chi connectivity index (χ3v) is 4.64. The molecule has 1 saturated carbocycles. The molecule has 0 spiro atoms. The molecular formula is C15H29ClN2O. The molecule has 2 fully saturated rings. The van der Waals surface area contributed by atoms with Gasteiger partial charge in [0.2, 0.25) is 5.91 Å². The molecule has 1 heterocycles. The minimum Gasteiger partial charge on any atom is -0.354 e. The molecule has 4 heteroatoms. The van der Waals surface area contributed by atoms with Crippen LogP contribution in [0.4, 0.5) is 0 Å². The summed E-state index contributed by atoms with van der Waals surface area (Å²) in [5.41, 5.74) is 0. The van der Waals surface area contributed by atoms with Crippen LogP contribution in [-0.2, 0) is 4.79 Å². The van der Waals surface area contributed by atoms with Crippen LogP contribution in [0.1, 0.15) is 58.3 Å². The van der Waals surface area contributed by atoms with Gasteiger partial charge in [0.1, 0.15) is 0 Å². The SMILES string of the molecule is CCC(CC1CCCC1)C(=O)NCC1CCCN1.Cl. The molecule has 19 heavy (non-hydrogen) atoms. The predicted molar refractivity (Wildman–Crippen MR) is 81.6 cm³/mol. The minimum atomic E-state index is 0. The zero-order chi connectivity index (χ0) is 12.8. The molecule has 1 aliphatic heterocycles. The monoisotopic (exact) mass is 288 g/mol. The summed E-state index contributed by atoms with van der Waals surface area (Å²) in [6, 6.07) is 0.512. The van der Waals surface area contributed by atoms with Gasteiger partial charge in [-0.15, -0.1) is 12.4 Å². The van der Waals surface area contributed by atoms with Gasteiger partial charge in [-0.05, 0) is 38.1 Å². The van der Waals surface area contributed by atoms with Gasteiger partial charge >= 0.3 is 0 Å². The normalized spacial score (nSPS) is 25.0. The van der Waals surface area contributed by atoms with E-state index >= 15 is 0 Å². The van der Waals surface area contributed by atoms with Crippen molar-refractivity contribution >= 4 is 18.3 Å². The first-order valence-electron chi connectivity index (χ1n) is 7.80. The van der Waals surface area contributed by atoms with Gasteiger partial charge in [-0.1, -0.05) is 32.6 Å². The molecule has 0 bridgehead atoms. The highest BCUT2D eigenvalue weighted by Gasteiger charge is 2.24. The van der Waals surface area contributed by atoms with Crippen molar-refractivity contribution in [2.24, 2.45) is 11.8 Å². The Hall–Kier alpha value is -0.280. The number of amides is 1. The first-order valence-corrected chi connectivity index (χ1v) is 7.80. The van der Waals surface area contributed by atoms with E-state index in [0.29, 0.717) is 6.04 Å². The second-order valence-corrected chi connectivity index (χ2v) is 6.03. The largest absolute Gasteiger partial charge is 0.354 e. The van der Waals surface area contributed by atoms with Crippen LogP contribution >= 0.6 is 12.4 Å². The lowest BCUT2D eigenvalue weighted by atomic mass is 9.91. The molecule has 3 nitrogen and oxygen atoms in total. The molecule has 2 N–H and O–H groups in total. The van der Waals surface area contributed by atoms with Gasteiger partial charge in [0.05, 0.1) is 0 Å². The number of nitrogens with one attached hydrogen (secondary N) is 2. The highest BCUT2D eigenvalue weighted by atomic mass is 35.5. The van der Waals surface area contributed by atoms with Crippen LogP contribution in [0.25, 0.3) is 0 Å². The summed E-state index contributed by atoms with van der Waals surface area (Å²) in [6.07, 6.45) is 9.98. The van der Waals surface area contributed by atoms with Gasteiger partial charge in [-0.3, -0.25) is 4.79 Å². The lowest BCUT2D eigenvalue weighted by Crippen LogP contribution is -2.40. The molecule has 1 amide bonds. The molecular weight excluding hydrogens is 260 g/mol. The molecule has 0 aromatic carbocycles. The minimum absolute atomic E-state index is 0. The van der Waals surface area contributed by atoms with E-state index in [9.17, 15) is 4.79 Å². The van der Waals surface area contributed by atoms with Crippen molar-refractivity contribution < 1.29 is 4.79 Å². The second-order valence-electron chi connectivity index (χ2n) is 6.03. The number of halogens is 1. The summed E-state index contributed by atoms with van der Waals surface area (Å²) in [4.78, 5) is 12.2. The molecule has 0 radical (unpaired) electrons. The summed E-state index contributed by atoms with van der Waals surface area (Å²) in [6.45, 7) is 4.08. The quantitative estimate of drug-likeness (QED) is 0.789. The Morgan fingerprint density at radius 3 is 2.58 bits per heavy atom. The van der Waals surface area contributed by atoms with Gasteiger partial charge < -0.3 is 10.6 Å². The predicted octanol–water partition coefficient (Wildman–Crippen LogP) is 2.88. The van der Waals surface area contributed by atoms with E-state index in [0.717, 1.165) is 31.8 Å². The highest BCUT2D eigenvalue weighted by Crippen LogP contribution is 2.31. The van der Waals surface area contributed by atoms with E-state index in [1.54, 1.807) is 0 Å². The maximum absolute atomic E-state index is 12.2. The van der Waals surface area contributed by atoms with Crippen molar-refractivity contribution in [1.82, 2.24) is 10.6 Å². The topological polar surface area (TPSA) is 41.1 Å². The first kappa shape index (κ1) is 16.8. The Bertz CT molecular complexity index is 261. The van der Waals surface area contributed by atoms with E-state index in [-0.39, 0.29) is 24.2 Å². The van der Waals surface area contributed by atoms with E-state index in [4.69, 9.17) is 0 Å². The molecule has 2 aliphatic rings. The number of carbonyl (C=O) groups excluding carboxylic acids is 1. The Kier molecular flexibility index (Phi) is 7.77. The van der Waals surface area contributed by atoms with Crippen molar-refractivity contribution in [3.63, 3.8) is 0 Å². The van der Waals surface area contributed by atoms with Crippen molar-refractivity contribution in [2.45, 2.75) is 64.3 Å². The summed E-state index contributed by atoms with van der Waals surface area (Å²) in [7, 11) is 0. The lowest BCUT2D eigenvalue weighted by Gasteiger charge is -2.20. The van der Waals surface area contributed by atoms with Crippen molar-refractivity contribution in [3.8, 4) is 0 Å². The number of rotatable bonds is 6. The van der Waals surface area contributed by atoms with E-state index in [1.165, 1.54) is 38.5 Å². The fourth-order valence-corrected chi connectivity index (χ4v) is 3.41. The molecule has 0 aromatic heterocycles. The standard InChI is InChI=1S/C15H28N2O.ClH/c1-2-13(10-12-6-3-4-7-12)15(18)17-11-14-8-5-9-16-14;/h12-14,16H,2-11H2,1H3,(H,17,18);1H. The summed E-state index contributed by atoms with van der Waals surface area (Å²) < 4.78 is 0. The van der Waals surface area contributed by atoms with Crippen LogP contribution in [0.15, 0.2) is 0 Å². The molecule has 2 rings (SSSR count). The zero-order valence-electron chi connectivity index (χ0n) is 12.1. The third-order valence-electron chi connectivity index (χ3n) is 4.64. The van der Waals surface area contributed by atoms with Gasteiger partial charge in [0.15, 0.2) is 0 Å². The van der Waals surface area contributed by atoms with Crippen LogP contribution in [-0.4, -0.2) is 25.0 Å². The first-order chi connectivity index (χ1) is 8.79. The molecule has 112 valence electrons. The number of carbonyl (C=O) groups is 1. The van der Waals surface area contributed by atoms with Crippen LogP contribution < -0.4 is 10.6 Å². The van der Waals surface area contributed by atoms with E-state index in [1.807, 2.05) is 0 Å². The van der Waals surface area contributed by atoms with Crippen molar-refractivity contribution in [2.75, 3.05) is 13.1 Å². The Balaban J connectivity index is 0.00000180. The van der Waals surface area contributed by atoms with Crippen LogP contribution in [0.2, 0.25) is 0 Å². The average molecular weight is 289 g/mol. The fraction of sp³-hybridized carbons (Fsp3) is 0.933. The third kappa shape index (κ3) is 5.31. The number of hydrogen-bond donors (Lipinski definition) is 2. The van der Waals surface area contributed by atoms with Crippen LogP contribution in [0.5, 0.6) is 0 Å². The summed E-state index contributed by atoms with van der Waals surface area (Å²) in [5, 5.41) is 6.58. The zero-order valence-corrected chi connectivity index (χ0v) is 12.9. The maximum atomic E-state index is 12.2. The van der Waals surface area contributed by atoms with Crippen LogP contribution in [0.3, 0.4) is 0 Å². The Morgan fingerprint density at radius 1 is 1.26 bits per heavy atom. The smallest absolute Gasteiger partial charge is 0.223 e.